The van der Waals surface area contributed by atoms with Crippen molar-refractivity contribution < 1.29 is 0 Å². The number of benzene rings is 1. The molecule has 0 aromatic heterocycles. The van der Waals surface area contributed by atoms with Crippen molar-refractivity contribution in [3.63, 3.8) is 0 Å². The Bertz CT molecular complexity index is 359. The maximum Gasteiger partial charge on any atom is 0.0453 e. The highest BCUT2D eigenvalue weighted by molar-refractivity contribution is 6.31. The van der Waals surface area contributed by atoms with Crippen LogP contribution in [0.2, 0.25) is 5.02 Å². The second-order valence-electron chi connectivity index (χ2n) is 4.93. The van der Waals surface area contributed by atoms with Crippen LogP contribution in [-0.2, 0) is 0 Å². The minimum Gasteiger partial charge on any atom is -0.313 e. The zero-order chi connectivity index (χ0) is 12.3. The first-order valence-corrected chi connectivity index (χ1v) is 6.70. The Labute approximate surface area is 109 Å². The Morgan fingerprint density at radius 1 is 1.29 bits per heavy atom. The quantitative estimate of drug-likeness (QED) is 0.890. The number of rotatable bonds is 3. The van der Waals surface area contributed by atoms with Gasteiger partial charge in [-0.1, -0.05) is 29.8 Å². The molecule has 0 aliphatic carbocycles. The number of nitrogens with zero attached hydrogens (tertiary/aromatic N) is 1. The van der Waals surface area contributed by atoms with Crippen LogP contribution >= 0.6 is 11.6 Å². The van der Waals surface area contributed by atoms with E-state index in [9.17, 15) is 0 Å². The Balaban J connectivity index is 2.14. The standard InChI is InChI=1S/C14H21ClN2/c1-16-14(11-7-9-17(2)10-8-11)12-5-3-4-6-13(12)15/h3-6,11,14,16H,7-10H2,1-2H3. The highest BCUT2D eigenvalue weighted by atomic mass is 35.5. The second-order valence-corrected chi connectivity index (χ2v) is 5.34. The van der Waals surface area contributed by atoms with Gasteiger partial charge in [-0.05, 0) is 57.6 Å². The van der Waals surface area contributed by atoms with Crippen molar-refractivity contribution in [1.29, 1.82) is 0 Å². The van der Waals surface area contributed by atoms with E-state index in [4.69, 9.17) is 11.6 Å². The van der Waals surface area contributed by atoms with Gasteiger partial charge in [-0.3, -0.25) is 0 Å². The van der Waals surface area contributed by atoms with Gasteiger partial charge in [0.1, 0.15) is 0 Å². The number of hydrogen-bond donors (Lipinski definition) is 1. The molecule has 0 spiro atoms. The zero-order valence-corrected chi connectivity index (χ0v) is 11.4. The fourth-order valence-corrected chi connectivity index (χ4v) is 2.99. The second kappa shape index (κ2) is 5.85. The molecule has 1 fully saturated rings. The van der Waals surface area contributed by atoms with Crippen molar-refractivity contribution in [2.45, 2.75) is 18.9 Å². The Kier molecular flexibility index (Phi) is 4.43. The smallest absolute Gasteiger partial charge is 0.0453 e. The topological polar surface area (TPSA) is 15.3 Å². The zero-order valence-electron chi connectivity index (χ0n) is 10.6. The largest absolute Gasteiger partial charge is 0.313 e. The van der Waals surface area contributed by atoms with Crippen LogP contribution in [0.25, 0.3) is 0 Å². The maximum absolute atomic E-state index is 6.30. The maximum atomic E-state index is 6.30. The molecule has 1 aromatic carbocycles. The van der Waals surface area contributed by atoms with Crippen molar-refractivity contribution in [1.82, 2.24) is 10.2 Å². The average molecular weight is 253 g/mol. The van der Waals surface area contributed by atoms with E-state index < -0.39 is 0 Å². The van der Waals surface area contributed by atoms with Crippen LogP contribution in [0.5, 0.6) is 0 Å². The number of likely N-dealkylation sites (tertiary alicyclic amines) is 1. The summed E-state index contributed by atoms with van der Waals surface area (Å²) in [5.41, 5.74) is 1.24. The summed E-state index contributed by atoms with van der Waals surface area (Å²) in [6.07, 6.45) is 2.49. The van der Waals surface area contributed by atoms with Crippen LogP contribution < -0.4 is 5.32 Å². The number of halogens is 1. The lowest BCUT2D eigenvalue weighted by atomic mass is 9.85. The first-order valence-electron chi connectivity index (χ1n) is 6.32. The van der Waals surface area contributed by atoms with E-state index in [1.54, 1.807) is 0 Å². The summed E-state index contributed by atoms with van der Waals surface area (Å²) in [4.78, 5) is 2.40. The molecule has 1 aliphatic rings. The number of hydrogen-bond acceptors (Lipinski definition) is 2. The highest BCUT2D eigenvalue weighted by Gasteiger charge is 2.26. The molecule has 1 aliphatic heterocycles. The summed E-state index contributed by atoms with van der Waals surface area (Å²) in [5.74, 6) is 0.691. The number of piperidine rings is 1. The van der Waals surface area contributed by atoms with Crippen molar-refractivity contribution in [3.05, 3.63) is 34.9 Å². The summed E-state index contributed by atoms with van der Waals surface area (Å²) >= 11 is 6.30. The van der Waals surface area contributed by atoms with Gasteiger partial charge in [0.25, 0.3) is 0 Å². The molecule has 1 unspecified atom stereocenters. The van der Waals surface area contributed by atoms with Gasteiger partial charge in [-0.25, -0.2) is 0 Å². The molecular weight excluding hydrogens is 232 g/mol. The Morgan fingerprint density at radius 2 is 1.94 bits per heavy atom. The molecule has 94 valence electrons. The van der Waals surface area contributed by atoms with Crippen molar-refractivity contribution >= 4 is 11.6 Å². The summed E-state index contributed by atoms with van der Waals surface area (Å²) < 4.78 is 0. The molecule has 0 saturated carbocycles. The first-order chi connectivity index (χ1) is 8.22. The van der Waals surface area contributed by atoms with Gasteiger partial charge >= 0.3 is 0 Å². The van der Waals surface area contributed by atoms with E-state index in [0.717, 1.165) is 5.02 Å². The van der Waals surface area contributed by atoms with Crippen LogP contribution in [0.4, 0.5) is 0 Å². The minimum absolute atomic E-state index is 0.386. The van der Waals surface area contributed by atoms with Gasteiger partial charge in [-0.2, -0.15) is 0 Å². The van der Waals surface area contributed by atoms with Gasteiger partial charge in [0, 0.05) is 11.1 Å². The molecule has 0 amide bonds. The lowest BCUT2D eigenvalue weighted by Gasteiger charge is -2.34. The molecule has 1 heterocycles. The SMILES string of the molecule is CNC(c1ccccc1Cl)C1CCN(C)CC1. The Hall–Kier alpha value is -0.570. The van der Waals surface area contributed by atoms with Crippen LogP contribution in [0.15, 0.2) is 24.3 Å². The van der Waals surface area contributed by atoms with Crippen LogP contribution in [0, 0.1) is 5.92 Å². The van der Waals surface area contributed by atoms with Crippen LogP contribution in [-0.4, -0.2) is 32.1 Å². The van der Waals surface area contributed by atoms with Gasteiger partial charge in [-0.15, -0.1) is 0 Å². The van der Waals surface area contributed by atoms with Gasteiger partial charge < -0.3 is 10.2 Å². The molecule has 1 aromatic rings. The predicted octanol–water partition coefficient (Wildman–Crippen LogP) is 2.94. The van der Waals surface area contributed by atoms with E-state index >= 15 is 0 Å². The molecule has 3 heteroatoms. The third-order valence-corrected chi connectivity index (χ3v) is 4.13. The average Bonchev–Trinajstić information content (AvgIpc) is 2.35. The fraction of sp³-hybridized carbons (Fsp3) is 0.571. The molecule has 1 N–H and O–H groups in total. The molecule has 2 rings (SSSR count). The molecule has 2 nitrogen and oxygen atoms in total. The van der Waals surface area contributed by atoms with E-state index in [1.807, 2.05) is 19.2 Å². The normalized spacial score (nSPS) is 20.4. The van der Waals surface area contributed by atoms with Gasteiger partial charge in [0.05, 0.1) is 0 Å². The van der Waals surface area contributed by atoms with E-state index in [1.165, 1.54) is 31.5 Å². The highest BCUT2D eigenvalue weighted by Crippen LogP contribution is 2.33. The molecule has 1 atom stereocenters. The van der Waals surface area contributed by atoms with E-state index in [-0.39, 0.29) is 0 Å². The van der Waals surface area contributed by atoms with Crippen LogP contribution in [0.1, 0.15) is 24.4 Å². The lowest BCUT2D eigenvalue weighted by molar-refractivity contribution is 0.188. The first kappa shape index (κ1) is 12.9. The molecule has 17 heavy (non-hydrogen) atoms. The monoisotopic (exact) mass is 252 g/mol. The lowest BCUT2D eigenvalue weighted by Crippen LogP contribution is -2.36. The molecular formula is C14H21ClN2. The third kappa shape index (κ3) is 3.01. The van der Waals surface area contributed by atoms with Crippen molar-refractivity contribution in [3.8, 4) is 0 Å². The molecule has 1 saturated heterocycles. The predicted molar refractivity (Wildman–Crippen MR) is 73.5 cm³/mol. The third-order valence-electron chi connectivity index (χ3n) is 3.79. The van der Waals surface area contributed by atoms with Crippen molar-refractivity contribution in [2.75, 3.05) is 27.2 Å². The summed E-state index contributed by atoms with van der Waals surface area (Å²) in [7, 11) is 4.23. The van der Waals surface area contributed by atoms with Gasteiger partial charge in [0.15, 0.2) is 0 Å². The number of nitrogens with one attached hydrogen (secondary N) is 1. The summed E-state index contributed by atoms with van der Waals surface area (Å²) in [5, 5.41) is 4.32. The molecule has 0 radical (unpaired) electrons. The van der Waals surface area contributed by atoms with Gasteiger partial charge in [0.2, 0.25) is 0 Å². The van der Waals surface area contributed by atoms with Crippen LogP contribution in [0.3, 0.4) is 0 Å². The summed E-state index contributed by atoms with van der Waals surface area (Å²) in [6.45, 7) is 2.38. The fourth-order valence-electron chi connectivity index (χ4n) is 2.73. The van der Waals surface area contributed by atoms with E-state index in [0.29, 0.717) is 12.0 Å². The summed E-state index contributed by atoms with van der Waals surface area (Å²) in [6, 6.07) is 8.57. The molecule has 0 bridgehead atoms. The Morgan fingerprint density at radius 3 is 2.53 bits per heavy atom. The minimum atomic E-state index is 0.386. The van der Waals surface area contributed by atoms with Crippen molar-refractivity contribution in [2.24, 2.45) is 5.92 Å². The van der Waals surface area contributed by atoms with E-state index in [2.05, 4.69) is 29.4 Å².